The third-order valence-electron chi connectivity index (χ3n) is 9.34. The number of pyridine rings is 1. The Morgan fingerprint density at radius 2 is 1.10 bits per heavy atom. The Labute approximate surface area is 292 Å². The van der Waals surface area contributed by atoms with Crippen LogP contribution >= 0.6 is 11.3 Å². The average molecular weight is 658 g/mol. The van der Waals surface area contributed by atoms with Gasteiger partial charge in [0.15, 0.2) is 5.82 Å². The van der Waals surface area contributed by atoms with Crippen LogP contribution in [0.15, 0.2) is 168 Å². The molecule has 4 nitrogen and oxygen atoms in total. The Balaban J connectivity index is 1.24. The second-order valence-corrected chi connectivity index (χ2v) is 13.5. The standard InChI is InChI=1S/C45H27N3OS/c1-3-11-28(12-4-1)38-27-39(48-45(47-38)29-13-5-2-6-14-29)33-24-31(30-19-20-41-37(26-30)35-15-7-9-17-40(35)49-41)23-32(25-33)34-21-22-46-43-36-16-8-10-18-42(36)50-44(34)43/h1-27H. The van der Waals surface area contributed by atoms with Crippen LogP contribution in [0, 0.1) is 0 Å². The molecule has 6 aromatic carbocycles. The molecular weight excluding hydrogens is 631 g/mol. The van der Waals surface area contributed by atoms with E-state index >= 15 is 0 Å². The third-order valence-corrected chi connectivity index (χ3v) is 10.5. The molecule has 0 fully saturated rings. The van der Waals surface area contributed by atoms with Crippen molar-refractivity contribution in [3.63, 3.8) is 0 Å². The van der Waals surface area contributed by atoms with Crippen LogP contribution in [-0.2, 0) is 0 Å². The Hall–Kier alpha value is -6.43. The highest BCUT2D eigenvalue weighted by Gasteiger charge is 2.17. The first kappa shape index (κ1) is 28.6. The molecule has 0 aliphatic rings. The lowest BCUT2D eigenvalue weighted by Gasteiger charge is -2.13. The molecule has 0 radical (unpaired) electrons. The number of hydrogen-bond donors (Lipinski definition) is 0. The lowest BCUT2D eigenvalue weighted by Crippen LogP contribution is -1.96. The summed E-state index contributed by atoms with van der Waals surface area (Å²) >= 11 is 1.79. The van der Waals surface area contributed by atoms with Crippen molar-refractivity contribution in [2.75, 3.05) is 0 Å². The minimum absolute atomic E-state index is 0.691. The van der Waals surface area contributed by atoms with E-state index in [1.54, 1.807) is 11.3 Å². The first-order chi connectivity index (χ1) is 24.7. The van der Waals surface area contributed by atoms with Crippen molar-refractivity contribution >= 4 is 53.6 Å². The van der Waals surface area contributed by atoms with Gasteiger partial charge in [0.1, 0.15) is 11.2 Å². The SMILES string of the molecule is c1ccc(-c2cc(-c3cc(-c4ccc5oc6ccccc6c5c4)cc(-c4ccnc5c4sc4ccccc45)c3)nc(-c3ccccc3)n2)cc1. The fraction of sp³-hybridized carbons (Fsp3) is 0. The fourth-order valence-electron chi connectivity index (χ4n) is 6.90. The number of benzene rings is 6. The highest BCUT2D eigenvalue weighted by atomic mass is 32.1. The highest BCUT2D eigenvalue weighted by Crippen LogP contribution is 2.42. The lowest BCUT2D eigenvalue weighted by molar-refractivity contribution is 0.669. The topological polar surface area (TPSA) is 51.8 Å². The second-order valence-electron chi connectivity index (χ2n) is 12.4. The molecule has 234 valence electrons. The first-order valence-electron chi connectivity index (χ1n) is 16.6. The fourth-order valence-corrected chi connectivity index (χ4v) is 8.10. The van der Waals surface area contributed by atoms with Crippen LogP contribution in [0.1, 0.15) is 0 Å². The van der Waals surface area contributed by atoms with Gasteiger partial charge in [-0.15, -0.1) is 11.3 Å². The summed E-state index contributed by atoms with van der Waals surface area (Å²) < 4.78 is 8.59. The van der Waals surface area contributed by atoms with Gasteiger partial charge in [0, 0.05) is 49.3 Å². The van der Waals surface area contributed by atoms with Crippen molar-refractivity contribution in [3.8, 4) is 56.2 Å². The molecule has 0 amide bonds. The molecule has 0 atom stereocenters. The highest BCUT2D eigenvalue weighted by molar-refractivity contribution is 7.26. The summed E-state index contributed by atoms with van der Waals surface area (Å²) in [5, 5.41) is 3.39. The van der Waals surface area contributed by atoms with E-state index < -0.39 is 0 Å². The van der Waals surface area contributed by atoms with Gasteiger partial charge in [0.05, 0.1) is 21.6 Å². The van der Waals surface area contributed by atoms with Crippen molar-refractivity contribution in [1.82, 2.24) is 15.0 Å². The second kappa shape index (κ2) is 11.6. The average Bonchev–Trinajstić information content (AvgIpc) is 3.76. The molecule has 0 spiro atoms. The number of fused-ring (bicyclic) bond motifs is 6. The molecule has 4 heterocycles. The molecule has 0 bridgehead atoms. The Morgan fingerprint density at radius 1 is 0.440 bits per heavy atom. The molecule has 0 N–H and O–H groups in total. The number of hydrogen-bond acceptors (Lipinski definition) is 5. The molecular formula is C45H27N3OS. The van der Waals surface area contributed by atoms with Crippen molar-refractivity contribution in [2.24, 2.45) is 0 Å². The van der Waals surface area contributed by atoms with Gasteiger partial charge >= 0.3 is 0 Å². The van der Waals surface area contributed by atoms with Gasteiger partial charge in [-0.3, -0.25) is 4.98 Å². The zero-order valence-electron chi connectivity index (χ0n) is 26.7. The van der Waals surface area contributed by atoms with Crippen LogP contribution in [0.3, 0.4) is 0 Å². The van der Waals surface area contributed by atoms with Crippen molar-refractivity contribution < 1.29 is 4.42 Å². The summed E-state index contributed by atoms with van der Waals surface area (Å²) in [5.41, 5.74) is 12.0. The number of furan rings is 1. The van der Waals surface area contributed by atoms with Crippen LogP contribution in [-0.4, -0.2) is 15.0 Å². The number of nitrogens with zero attached hydrogens (tertiary/aromatic N) is 3. The molecule has 10 aromatic rings. The minimum atomic E-state index is 0.691. The predicted octanol–water partition coefficient (Wildman–Crippen LogP) is 12.5. The van der Waals surface area contributed by atoms with Crippen molar-refractivity contribution in [1.29, 1.82) is 0 Å². The number of aromatic nitrogens is 3. The quantitative estimate of drug-likeness (QED) is 0.185. The summed E-state index contributed by atoms with van der Waals surface area (Å²) in [7, 11) is 0. The van der Waals surface area contributed by atoms with Crippen molar-refractivity contribution in [3.05, 3.63) is 164 Å². The van der Waals surface area contributed by atoms with E-state index in [4.69, 9.17) is 19.4 Å². The molecule has 0 saturated heterocycles. The largest absolute Gasteiger partial charge is 0.456 e. The summed E-state index contributed by atoms with van der Waals surface area (Å²) in [6.45, 7) is 0. The van der Waals surface area contributed by atoms with Gasteiger partial charge in [-0.25, -0.2) is 9.97 Å². The summed E-state index contributed by atoms with van der Waals surface area (Å²) in [6, 6.07) is 54.8. The maximum Gasteiger partial charge on any atom is 0.160 e. The predicted molar refractivity (Wildman–Crippen MR) is 207 cm³/mol. The molecule has 0 unspecified atom stereocenters. The van der Waals surface area contributed by atoms with Crippen LogP contribution < -0.4 is 0 Å². The molecule has 10 rings (SSSR count). The zero-order chi connectivity index (χ0) is 33.0. The molecule has 50 heavy (non-hydrogen) atoms. The number of rotatable bonds is 5. The van der Waals surface area contributed by atoms with Crippen LogP contribution in [0.25, 0.3) is 98.4 Å². The van der Waals surface area contributed by atoms with Crippen molar-refractivity contribution in [2.45, 2.75) is 0 Å². The molecule has 0 saturated carbocycles. The van der Waals surface area contributed by atoms with Gasteiger partial charge in [0.25, 0.3) is 0 Å². The van der Waals surface area contributed by atoms with E-state index in [2.05, 4.69) is 109 Å². The van der Waals surface area contributed by atoms with Crippen LogP contribution in [0.4, 0.5) is 0 Å². The van der Waals surface area contributed by atoms with Crippen LogP contribution in [0.5, 0.6) is 0 Å². The maximum atomic E-state index is 6.19. The Kier molecular flexibility index (Phi) is 6.64. The lowest BCUT2D eigenvalue weighted by atomic mass is 9.94. The number of para-hydroxylation sites is 1. The molecule has 0 aliphatic carbocycles. The molecule has 0 aliphatic heterocycles. The summed E-state index contributed by atoms with van der Waals surface area (Å²) in [6.07, 6.45) is 1.93. The first-order valence-corrected chi connectivity index (χ1v) is 17.4. The third kappa shape index (κ3) is 4.87. The summed E-state index contributed by atoms with van der Waals surface area (Å²) in [5.74, 6) is 0.691. The van der Waals surface area contributed by atoms with E-state index in [-0.39, 0.29) is 0 Å². The van der Waals surface area contributed by atoms with E-state index in [1.807, 2.05) is 54.7 Å². The van der Waals surface area contributed by atoms with E-state index in [1.165, 1.54) is 14.8 Å². The Morgan fingerprint density at radius 3 is 1.94 bits per heavy atom. The number of thiophene rings is 1. The van der Waals surface area contributed by atoms with E-state index in [0.717, 1.165) is 77.8 Å². The molecule has 5 heteroatoms. The smallest absolute Gasteiger partial charge is 0.160 e. The summed E-state index contributed by atoms with van der Waals surface area (Å²) in [4.78, 5) is 15.1. The monoisotopic (exact) mass is 657 g/mol. The van der Waals surface area contributed by atoms with E-state index in [9.17, 15) is 0 Å². The van der Waals surface area contributed by atoms with Gasteiger partial charge in [-0.05, 0) is 71.3 Å². The van der Waals surface area contributed by atoms with Gasteiger partial charge < -0.3 is 4.42 Å². The van der Waals surface area contributed by atoms with Gasteiger partial charge in [-0.2, -0.15) is 0 Å². The van der Waals surface area contributed by atoms with E-state index in [0.29, 0.717) is 5.82 Å². The Bertz CT molecular complexity index is 2820. The van der Waals surface area contributed by atoms with Crippen LogP contribution in [0.2, 0.25) is 0 Å². The molecule has 4 aromatic heterocycles. The maximum absolute atomic E-state index is 6.19. The normalized spacial score (nSPS) is 11.6. The van der Waals surface area contributed by atoms with Gasteiger partial charge in [0.2, 0.25) is 0 Å². The minimum Gasteiger partial charge on any atom is -0.456 e. The van der Waals surface area contributed by atoms with Gasteiger partial charge in [-0.1, -0.05) is 103 Å². The zero-order valence-corrected chi connectivity index (χ0v) is 27.6.